The number of nitrogens with zero attached hydrogens (tertiary/aromatic N) is 1. The van der Waals surface area contributed by atoms with Gasteiger partial charge in [-0.05, 0) is 95.1 Å². The maximum absolute atomic E-state index is 13.0. The molecule has 1 aliphatic rings. The van der Waals surface area contributed by atoms with Crippen LogP contribution in [0.25, 0.3) is 6.08 Å². The van der Waals surface area contributed by atoms with Crippen molar-refractivity contribution >= 4 is 66.6 Å². The lowest BCUT2D eigenvalue weighted by molar-refractivity contribution is -0.123. The number of thioether (sulfide) groups is 1. The number of ether oxygens (including phenoxy) is 1. The molecule has 0 atom stereocenters. The minimum absolute atomic E-state index is 0.0403. The van der Waals surface area contributed by atoms with Crippen molar-refractivity contribution in [2.24, 2.45) is 0 Å². The first kappa shape index (κ1) is 27.3. The van der Waals surface area contributed by atoms with Crippen molar-refractivity contribution in [3.05, 3.63) is 91.8 Å². The molecule has 7 nitrogen and oxygen atoms in total. The number of imide groups is 1. The SMILES string of the molecule is CCOc1cc(/C=C2\SC(=O)N(Cc3cccc(C)c3)C2=O)cc(Br)c1OS(=O)(=O)c1ccc(Cl)cc1. The Labute approximate surface area is 232 Å². The van der Waals surface area contributed by atoms with Crippen LogP contribution in [0.2, 0.25) is 5.02 Å². The summed E-state index contributed by atoms with van der Waals surface area (Å²) in [4.78, 5) is 26.9. The molecule has 0 bridgehead atoms. The zero-order chi connectivity index (χ0) is 26.7. The first-order valence-corrected chi connectivity index (χ1v) is 14.4. The number of hydrogen-bond acceptors (Lipinski definition) is 7. The number of amides is 2. The van der Waals surface area contributed by atoms with Gasteiger partial charge in [0.15, 0.2) is 11.5 Å². The summed E-state index contributed by atoms with van der Waals surface area (Å²) in [5, 5.41) is 0.0265. The average molecular weight is 623 g/mol. The van der Waals surface area contributed by atoms with Crippen LogP contribution in [0.5, 0.6) is 11.5 Å². The fourth-order valence-corrected chi connectivity index (χ4v) is 6.12. The van der Waals surface area contributed by atoms with E-state index in [2.05, 4.69) is 15.9 Å². The van der Waals surface area contributed by atoms with Crippen molar-refractivity contribution in [1.82, 2.24) is 4.90 Å². The second-order valence-corrected chi connectivity index (χ2v) is 11.8. The van der Waals surface area contributed by atoms with E-state index in [1.165, 1.54) is 29.2 Å². The zero-order valence-electron chi connectivity index (χ0n) is 19.7. The van der Waals surface area contributed by atoms with Gasteiger partial charge >= 0.3 is 10.1 Å². The molecule has 1 aliphatic heterocycles. The van der Waals surface area contributed by atoms with Crippen LogP contribution in [0.15, 0.2) is 74.9 Å². The van der Waals surface area contributed by atoms with Crippen molar-refractivity contribution < 1.29 is 26.9 Å². The number of benzene rings is 3. The highest BCUT2D eigenvalue weighted by Gasteiger charge is 2.35. The number of carbonyl (C=O) groups is 2. The molecule has 0 spiro atoms. The van der Waals surface area contributed by atoms with Crippen molar-refractivity contribution in [2.75, 3.05) is 6.61 Å². The van der Waals surface area contributed by atoms with Crippen LogP contribution in [0, 0.1) is 6.92 Å². The first-order valence-electron chi connectivity index (χ1n) is 11.0. The fraction of sp³-hybridized carbons (Fsp3) is 0.154. The van der Waals surface area contributed by atoms with Crippen LogP contribution in [0.3, 0.4) is 0 Å². The van der Waals surface area contributed by atoms with Crippen molar-refractivity contribution in [3.63, 3.8) is 0 Å². The van der Waals surface area contributed by atoms with E-state index in [9.17, 15) is 18.0 Å². The maximum Gasteiger partial charge on any atom is 0.339 e. The Balaban J connectivity index is 1.62. The molecule has 0 unspecified atom stereocenters. The van der Waals surface area contributed by atoms with Gasteiger partial charge in [-0.2, -0.15) is 8.42 Å². The smallest absolute Gasteiger partial charge is 0.339 e. The average Bonchev–Trinajstić information content (AvgIpc) is 3.09. The van der Waals surface area contributed by atoms with Crippen LogP contribution in [0.1, 0.15) is 23.6 Å². The Morgan fingerprint density at radius 1 is 1.08 bits per heavy atom. The quantitative estimate of drug-likeness (QED) is 0.201. The predicted molar refractivity (Wildman–Crippen MR) is 147 cm³/mol. The molecule has 0 aliphatic carbocycles. The van der Waals surface area contributed by atoms with Crippen LogP contribution in [-0.2, 0) is 21.5 Å². The lowest BCUT2D eigenvalue weighted by Crippen LogP contribution is -2.27. The van der Waals surface area contributed by atoms with Gasteiger partial charge in [0.1, 0.15) is 4.90 Å². The molecule has 37 heavy (non-hydrogen) atoms. The van der Waals surface area contributed by atoms with Crippen LogP contribution in [0.4, 0.5) is 4.79 Å². The Morgan fingerprint density at radius 3 is 2.49 bits per heavy atom. The number of carbonyl (C=O) groups excluding carboxylic acids is 2. The lowest BCUT2D eigenvalue weighted by atomic mass is 10.1. The Kier molecular flexibility index (Phi) is 8.33. The summed E-state index contributed by atoms with van der Waals surface area (Å²) >= 11 is 10.1. The Hall–Kier alpha value is -2.79. The molecule has 0 radical (unpaired) electrons. The van der Waals surface area contributed by atoms with E-state index in [-0.39, 0.29) is 39.7 Å². The van der Waals surface area contributed by atoms with Crippen LogP contribution < -0.4 is 8.92 Å². The first-order chi connectivity index (χ1) is 17.6. The third kappa shape index (κ3) is 6.38. The molecular weight excluding hydrogens is 602 g/mol. The summed E-state index contributed by atoms with van der Waals surface area (Å²) in [6, 6.07) is 16.3. The third-order valence-electron chi connectivity index (χ3n) is 5.22. The molecule has 4 rings (SSSR count). The second-order valence-electron chi connectivity index (χ2n) is 8.01. The van der Waals surface area contributed by atoms with E-state index in [1.54, 1.807) is 25.1 Å². The van der Waals surface area contributed by atoms with E-state index in [0.717, 1.165) is 22.9 Å². The molecule has 1 saturated heterocycles. The minimum Gasteiger partial charge on any atom is -0.490 e. The van der Waals surface area contributed by atoms with Crippen LogP contribution in [-0.4, -0.2) is 31.1 Å². The van der Waals surface area contributed by atoms with Crippen molar-refractivity contribution in [3.8, 4) is 11.5 Å². The monoisotopic (exact) mass is 621 g/mol. The normalized spacial score (nSPS) is 14.9. The Bertz CT molecular complexity index is 1510. The predicted octanol–water partition coefficient (Wildman–Crippen LogP) is 6.81. The lowest BCUT2D eigenvalue weighted by Gasteiger charge is -2.15. The van der Waals surface area contributed by atoms with Crippen molar-refractivity contribution in [1.29, 1.82) is 0 Å². The molecular formula is C26H21BrClNO6S2. The molecule has 192 valence electrons. The van der Waals surface area contributed by atoms with E-state index in [1.807, 2.05) is 31.2 Å². The van der Waals surface area contributed by atoms with Gasteiger partial charge in [-0.3, -0.25) is 14.5 Å². The van der Waals surface area contributed by atoms with E-state index in [0.29, 0.717) is 15.1 Å². The van der Waals surface area contributed by atoms with Gasteiger partial charge in [0.2, 0.25) is 0 Å². The summed E-state index contributed by atoms with van der Waals surface area (Å²) in [5.74, 6) is -0.294. The highest BCUT2D eigenvalue weighted by molar-refractivity contribution is 9.10. The largest absolute Gasteiger partial charge is 0.490 e. The highest BCUT2D eigenvalue weighted by atomic mass is 79.9. The highest BCUT2D eigenvalue weighted by Crippen LogP contribution is 2.41. The summed E-state index contributed by atoms with van der Waals surface area (Å²) in [6.45, 7) is 4.10. The van der Waals surface area contributed by atoms with Crippen molar-refractivity contribution in [2.45, 2.75) is 25.3 Å². The number of hydrogen-bond donors (Lipinski definition) is 0. The van der Waals surface area contributed by atoms with Gasteiger partial charge < -0.3 is 8.92 Å². The molecule has 1 fully saturated rings. The van der Waals surface area contributed by atoms with E-state index in [4.69, 9.17) is 20.5 Å². The van der Waals surface area contributed by atoms with Gasteiger partial charge in [-0.1, -0.05) is 41.4 Å². The summed E-state index contributed by atoms with van der Waals surface area (Å²) in [5.41, 5.74) is 2.41. The molecule has 1 heterocycles. The zero-order valence-corrected chi connectivity index (χ0v) is 23.7. The van der Waals surface area contributed by atoms with Crippen LogP contribution >= 0.6 is 39.3 Å². The molecule has 0 saturated carbocycles. The maximum atomic E-state index is 13.0. The molecule has 0 N–H and O–H groups in total. The Morgan fingerprint density at radius 2 is 1.81 bits per heavy atom. The minimum atomic E-state index is -4.18. The van der Waals surface area contributed by atoms with Gasteiger partial charge in [-0.25, -0.2) is 0 Å². The second kappa shape index (κ2) is 11.3. The number of aryl methyl sites for hydroxylation is 1. The van der Waals surface area contributed by atoms with Gasteiger partial charge in [-0.15, -0.1) is 0 Å². The van der Waals surface area contributed by atoms with Gasteiger partial charge in [0, 0.05) is 5.02 Å². The standard InChI is InChI=1S/C26H21BrClNO6S2/c1-3-34-22-13-18(12-21(27)24(22)35-37(32,33)20-9-7-19(28)8-10-20)14-23-25(30)29(26(31)36-23)15-17-6-4-5-16(2)11-17/h4-14H,3,15H2,1-2H3/b23-14-. The molecule has 3 aromatic rings. The van der Waals surface area contributed by atoms with E-state index >= 15 is 0 Å². The van der Waals surface area contributed by atoms with Gasteiger partial charge in [0.25, 0.3) is 11.1 Å². The van der Waals surface area contributed by atoms with Gasteiger partial charge in [0.05, 0.1) is 22.5 Å². The molecule has 2 amide bonds. The fourth-order valence-electron chi connectivity index (χ4n) is 3.55. The molecule has 0 aromatic heterocycles. The topological polar surface area (TPSA) is 90.0 Å². The third-order valence-corrected chi connectivity index (χ3v) is 8.21. The number of rotatable bonds is 8. The number of halogens is 2. The molecule has 11 heteroatoms. The summed E-state index contributed by atoms with van der Waals surface area (Å²) < 4.78 is 37.0. The van der Waals surface area contributed by atoms with E-state index < -0.39 is 16.0 Å². The summed E-state index contributed by atoms with van der Waals surface area (Å²) in [7, 11) is -4.18. The molecule has 3 aromatic carbocycles. The summed E-state index contributed by atoms with van der Waals surface area (Å²) in [6.07, 6.45) is 1.56.